The molecule has 0 radical (unpaired) electrons. The maximum atomic E-state index is 11.8. The van der Waals surface area contributed by atoms with E-state index in [0.717, 1.165) is 12.0 Å². The number of thiophene rings is 1. The van der Waals surface area contributed by atoms with E-state index in [0.29, 0.717) is 15.7 Å². The average Bonchev–Trinajstić information content (AvgIpc) is 2.86. The Bertz CT molecular complexity index is 506. The van der Waals surface area contributed by atoms with E-state index in [4.69, 9.17) is 11.6 Å². The molecule has 0 unspecified atom stereocenters. The molecule has 0 aliphatic heterocycles. The van der Waals surface area contributed by atoms with Gasteiger partial charge in [-0.05, 0) is 17.9 Å². The van der Waals surface area contributed by atoms with Gasteiger partial charge in [0.15, 0.2) is 0 Å². The minimum Gasteiger partial charge on any atom is -0.306 e. The Hall–Kier alpha value is -1.33. The number of nitrogens with one attached hydrogen (secondary N) is 2. The van der Waals surface area contributed by atoms with Gasteiger partial charge >= 0.3 is 0 Å². The summed E-state index contributed by atoms with van der Waals surface area (Å²) in [7, 11) is 0. The molecule has 6 heteroatoms. The molecule has 0 atom stereocenters. The molecule has 0 fully saturated rings. The fraction of sp³-hybridized carbons (Fsp3) is 0.200. The first-order chi connectivity index (χ1) is 7.72. The third-order valence-corrected chi connectivity index (χ3v) is 3.50. The Labute approximate surface area is 102 Å². The predicted octanol–water partition coefficient (Wildman–Crippen LogP) is 2.94. The molecule has 16 heavy (non-hydrogen) atoms. The first-order valence-electron chi connectivity index (χ1n) is 4.79. The lowest BCUT2D eigenvalue weighted by Gasteiger charge is -2.03. The summed E-state index contributed by atoms with van der Waals surface area (Å²) in [5, 5.41) is 11.6. The molecule has 2 aromatic rings. The van der Waals surface area contributed by atoms with Crippen molar-refractivity contribution in [3.8, 4) is 0 Å². The summed E-state index contributed by atoms with van der Waals surface area (Å²) in [5.41, 5.74) is 0.973. The third kappa shape index (κ3) is 2.10. The normalized spacial score (nSPS) is 10.4. The predicted molar refractivity (Wildman–Crippen MR) is 65.2 cm³/mol. The molecule has 0 aromatic carbocycles. The van der Waals surface area contributed by atoms with Gasteiger partial charge in [0.1, 0.15) is 10.7 Å². The molecule has 4 nitrogen and oxygen atoms in total. The van der Waals surface area contributed by atoms with Gasteiger partial charge in [0, 0.05) is 5.56 Å². The maximum absolute atomic E-state index is 11.8. The van der Waals surface area contributed by atoms with Gasteiger partial charge in [-0.3, -0.25) is 9.89 Å². The zero-order valence-electron chi connectivity index (χ0n) is 8.58. The van der Waals surface area contributed by atoms with Gasteiger partial charge in [-0.25, -0.2) is 0 Å². The van der Waals surface area contributed by atoms with Crippen molar-refractivity contribution >= 4 is 34.7 Å². The molecular formula is C10H10ClN3OS. The molecule has 2 N–H and O–H groups in total. The van der Waals surface area contributed by atoms with Crippen molar-refractivity contribution in [1.82, 2.24) is 10.2 Å². The summed E-state index contributed by atoms with van der Waals surface area (Å²) in [4.78, 5) is 12.3. The Kier molecular flexibility index (Phi) is 3.26. The van der Waals surface area contributed by atoms with Crippen molar-refractivity contribution in [3.63, 3.8) is 0 Å². The lowest BCUT2D eigenvalue weighted by atomic mass is 10.2. The van der Waals surface area contributed by atoms with Crippen LogP contribution in [0.1, 0.15) is 22.2 Å². The van der Waals surface area contributed by atoms with Crippen LogP contribution in [0.5, 0.6) is 0 Å². The maximum Gasteiger partial charge on any atom is 0.268 e. The third-order valence-electron chi connectivity index (χ3n) is 2.16. The monoisotopic (exact) mass is 255 g/mol. The smallest absolute Gasteiger partial charge is 0.268 e. The van der Waals surface area contributed by atoms with Gasteiger partial charge in [0.2, 0.25) is 0 Å². The zero-order valence-corrected chi connectivity index (χ0v) is 10.2. The number of hydrogen-bond acceptors (Lipinski definition) is 3. The van der Waals surface area contributed by atoms with Crippen LogP contribution in [0, 0.1) is 0 Å². The molecule has 0 aliphatic rings. The van der Waals surface area contributed by atoms with E-state index in [1.807, 2.05) is 6.92 Å². The van der Waals surface area contributed by atoms with Crippen molar-refractivity contribution < 1.29 is 4.79 Å². The van der Waals surface area contributed by atoms with E-state index in [-0.39, 0.29) is 5.91 Å². The summed E-state index contributed by atoms with van der Waals surface area (Å²) < 4.78 is 0. The lowest BCUT2D eigenvalue weighted by molar-refractivity contribution is 0.103. The van der Waals surface area contributed by atoms with Crippen LogP contribution in [-0.2, 0) is 6.42 Å². The number of carbonyl (C=O) groups is 1. The molecule has 2 rings (SSSR count). The Morgan fingerprint density at radius 3 is 3.12 bits per heavy atom. The number of anilines is 1. The number of aryl methyl sites for hydroxylation is 1. The van der Waals surface area contributed by atoms with E-state index in [1.54, 1.807) is 17.6 Å². The fourth-order valence-electron chi connectivity index (χ4n) is 1.31. The van der Waals surface area contributed by atoms with Crippen LogP contribution in [0.25, 0.3) is 0 Å². The van der Waals surface area contributed by atoms with Crippen LogP contribution in [0.15, 0.2) is 17.6 Å². The number of amides is 1. The fourth-order valence-corrected chi connectivity index (χ4v) is 2.35. The van der Waals surface area contributed by atoms with E-state index in [9.17, 15) is 4.79 Å². The number of halogens is 1. The van der Waals surface area contributed by atoms with Crippen molar-refractivity contribution in [1.29, 1.82) is 0 Å². The second kappa shape index (κ2) is 4.67. The molecule has 0 aliphatic carbocycles. The summed E-state index contributed by atoms with van der Waals surface area (Å²) >= 11 is 7.19. The van der Waals surface area contributed by atoms with Crippen LogP contribution >= 0.6 is 22.9 Å². The molecule has 1 amide bonds. The van der Waals surface area contributed by atoms with E-state index >= 15 is 0 Å². The van der Waals surface area contributed by atoms with E-state index in [2.05, 4.69) is 15.5 Å². The van der Waals surface area contributed by atoms with Crippen molar-refractivity contribution in [2.75, 3.05) is 5.32 Å². The minimum atomic E-state index is -0.209. The first-order valence-corrected chi connectivity index (χ1v) is 6.04. The van der Waals surface area contributed by atoms with Crippen molar-refractivity contribution in [2.24, 2.45) is 0 Å². The number of H-pyrrole nitrogens is 1. The number of rotatable bonds is 3. The van der Waals surface area contributed by atoms with Crippen LogP contribution in [-0.4, -0.2) is 16.1 Å². The summed E-state index contributed by atoms with van der Waals surface area (Å²) in [5.74, 6) is 0.427. The summed E-state index contributed by atoms with van der Waals surface area (Å²) in [6.07, 6.45) is 2.51. The topological polar surface area (TPSA) is 57.8 Å². The number of nitrogens with zero attached hydrogens (tertiary/aromatic N) is 1. The van der Waals surface area contributed by atoms with Crippen LogP contribution < -0.4 is 5.32 Å². The number of carbonyl (C=O) groups excluding carboxylic acids is 1. The van der Waals surface area contributed by atoms with Crippen LogP contribution in [0.4, 0.5) is 5.82 Å². The van der Waals surface area contributed by atoms with Crippen LogP contribution in [0.3, 0.4) is 0 Å². The second-order valence-electron chi connectivity index (χ2n) is 3.18. The zero-order chi connectivity index (χ0) is 11.5. The van der Waals surface area contributed by atoms with Gasteiger partial charge < -0.3 is 5.32 Å². The summed E-state index contributed by atoms with van der Waals surface area (Å²) in [6.45, 7) is 2.00. The Morgan fingerprint density at radius 2 is 2.50 bits per heavy atom. The highest BCUT2D eigenvalue weighted by Crippen LogP contribution is 2.23. The van der Waals surface area contributed by atoms with Crippen LogP contribution in [0.2, 0.25) is 5.02 Å². The number of aromatic nitrogens is 2. The molecule has 0 saturated carbocycles. The largest absolute Gasteiger partial charge is 0.306 e. The highest BCUT2D eigenvalue weighted by molar-refractivity contribution is 7.12. The first kappa shape index (κ1) is 11.2. The van der Waals surface area contributed by atoms with Crippen molar-refractivity contribution in [2.45, 2.75) is 13.3 Å². The lowest BCUT2D eigenvalue weighted by Crippen LogP contribution is -2.12. The van der Waals surface area contributed by atoms with Gasteiger partial charge in [-0.15, -0.1) is 11.3 Å². The molecule has 0 spiro atoms. The van der Waals surface area contributed by atoms with Crippen molar-refractivity contribution in [3.05, 3.63) is 33.1 Å². The summed E-state index contributed by atoms with van der Waals surface area (Å²) in [6, 6.07) is 1.70. The molecule has 2 heterocycles. The van der Waals surface area contributed by atoms with E-state index in [1.165, 1.54) is 11.3 Å². The molecule has 2 aromatic heterocycles. The van der Waals surface area contributed by atoms with E-state index < -0.39 is 0 Å². The van der Waals surface area contributed by atoms with Gasteiger partial charge in [-0.2, -0.15) is 5.10 Å². The highest BCUT2D eigenvalue weighted by Gasteiger charge is 2.14. The number of hydrogen-bond donors (Lipinski definition) is 2. The quantitative estimate of drug-likeness (QED) is 0.886. The molecule has 0 bridgehead atoms. The molecular weight excluding hydrogens is 246 g/mol. The second-order valence-corrected chi connectivity index (χ2v) is 4.50. The van der Waals surface area contributed by atoms with Gasteiger partial charge in [0.25, 0.3) is 5.91 Å². The minimum absolute atomic E-state index is 0.209. The Balaban J connectivity index is 2.17. The molecule has 0 saturated heterocycles. The SMILES string of the molecule is CCc1cn[nH]c1NC(=O)c1sccc1Cl. The highest BCUT2D eigenvalue weighted by atomic mass is 35.5. The number of aromatic amines is 1. The van der Waals surface area contributed by atoms with Gasteiger partial charge in [0.05, 0.1) is 11.2 Å². The standard InChI is InChI=1S/C10H10ClN3OS/c1-2-6-5-12-14-9(6)13-10(15)8-7(11)3-4-16-8/h3-5H,2H2,1H3,(H2,12,13,14,15). The van der Waals surface area contributed by atoms with Gasteiger partial charge in [-0.1, -0.05) is 18.5 Å². The Morgan fingerprint density at radius 1 is 1.69 bits per heavy atom. The molecule has 84 valence electrons. The average molecular weight is 256 g/mol.